The van der Waals surface area contributed by atoms with Gasteiger partial charge in [0, 0.05) is 6.42 Å². The minimum Gasteiger partial charge on any atom is -0.481 e. The van der Waals surface area contributed by atoms with Gasteiger partial charge in [0.15, 0.2) is 0 Å². The molecule has 0 spiro atoms. The first-order valence-electron chi connectivity index (χ1n) is 6.63. The summed E-state index contributed by atoms with van der Waals surface area (Å²) >= 11 is 0. The van der Waals surface area contributed by atoms with E-state index in [0.717, 1.165) is 12.8 Å². The van der Waals surface area contributed by atoms with Gasteiger partial charge in [-0.2, -0.15) is 0 Å². The Morgan fingerprint density at radius 3 is 2.68 bits per heavy atom. The van der Waals surface area contributed by atoms with Crippen molar-refractivity contribution in [1.29, 1.82) is 0 Å². The van der Waals surface area contributed by atoms with Gasteiger partial charge >= 0.3 is 5.97 Å². The monoisotopic (exact) mass is 293 g/mol. The number of carboxylic acid groups (broad SMARTS) is 1. The molecule has 6 nitrogen and oxygen atoms in total. The fourth-order valence-electron chi connectivity index (χ4n) is 2.72. The number of hydrogen-bond donors (Lipinski definition) is 3. The van der Waals surface area contributed by atoms with Crippen LogP contribution in [0, 0.1) is 5.92 Å². The Bertz CT molecular complexity index is 408. The molecule has 0 aromatic rings. The van der Waals surface area contributed by atoms with E-state index in [-0.39, 0.29) is 25.2 Å². The Hall–Kier alpha value is -0.660. The lowest BCUT2D eigenvalue weighted by atomic mass is 9.78. The first-order chi connectivity index (χ1) is 8.79. The minimum atomic E-state index is -3.54. The number of nitrogens with one attached hydrogen (secondary N) is 1. The highest BCUT2D eigenvalue weighted by atomic mass is 32.2. The molecule has 2 unspecified atom stereocenters. The summed E-state index contributed by atoms with van der Waals surface area (Å²) in [6.07, 6.45) is 3.11. The van der Waals surface area contributed by atoms with Crippen LogP contribution in [0.25, 0.3) is 0 Å². The molecule has 0 radical (unpaired) electrons. The maximum Gasteiger partial charge on any atom is 0.303 e. The van der Waals surface area contributed by atoms with E-state index in [2.05, 4.69) is 4.72 Å². The largest absolute Gasteiger partial charge is 0.481 e. The quantitative estimate of drug-likeness (QED) is 0.641. The van der Waals surface area contributed by atoms with Gasteiger partial charge in [-0.05, 0) is 25.2 Å². The summed E-state index contributed by atoms with van der Waals surface area (Å²) in [5.41, 5.74) is -0.764. The van der Waals surface area contributed by atoms with Crippen molar-refractivity contribution >= 4 is 16.0 Å². The van der Waals surface area contributed by atoms with Crippen molar-refractivity contribution in [2.45, 2.75) is 51.0 Å². The minimum absolute atomic E-state index is 0.0850. The number of carbonyl (C=O) groups is 1. The molecule has 1 aliphatic carbocycles. The predicted molar refractivity (Wildman–Crippen MR) is 71.2 cm³/mol. The highest BCUT2D eigenvalue weighted by Crippen LogP contribution is 2.32. The van der Waals surface area contributed by atoms with E-state index in [0.29, 0.717) is 18.8 Å². The summed E-state index contributed by atoms with van der Waals surface area (Å²) in [5, 5.41) is 18.0. The molecule has 1 saturated carbocycles. The first-order valence-corrected chi connectivity index (χ1v) is 8.28. The molecule has 0 heterocycles. The van der Waals surface area contributed by atoms with Gasteiger partial charge in [0.1, 0.15) is 0 Å². The van der Waals surface area contributed by atoms with E-state index < -0.39 is 21.5 Å². The fourth-order valence-corrected chi connectivity index (χ4v) is 4.26. The zero-order valence-electron chi connectivity index (χ0n) is 11.3. The molecule has 1 aliphatic rings. The number of aliphatic carboxylic acids is 1. The summed E-state index contributed by atoms with van der Waals surface area (Å²) in [5.74, 6) is -0.837. The molecule has 7 heteroatoms. The van der Waals surface area contributed by atoms with Crippen LogP contribution in [0.4, 0.5) is 0 Å². The normalized spacial score (nSPS) is 28.2. The van der Waals surface area contributed by atoms with Gasteiger partial charge in [0.05, 0.1) is 17.9 Å². The first kappa shape index (κ1) is 16.4. The zero-order chi connectivity index (χ0) is 14.5. The second-order valence-electron chi connectivity index (χ2n) is 5.56. The molecular formula is C12H23NO5S. The van der Waals surface area contributed by atoms with Crippen LogP contribution in [0.3, 0.4) is 0 Å². The zero-order valence-corrected chi connectivity index (χ0v) is 12.1. The van der Waals surface area contributed by atoms with E-state index in [1.807, 2.05) is 6.92 Å². The van der Waals surface area contributed by atoms with Crippen LogP contribution in [0.5, 0.6) is 0 Å². The molecule has 1 rings (SSSR count). The van der Waals surface area contributed by atoms with Crippen molar-refractivity contribution in [3.63, 3.8) is 0 Å². The average molecular weight is 293 g/mol. The number of sulfonamides is 1. The summed E-state index contributed by atoms with van der Waals surface area (Å²) in [4.78, 5) is 10.4. The second kappa shape index (κ2) is 6.67. The summed E-state index contributed by atoms with van der Waals surface area (Å²) in [7, 11) is -3.54. The van der Waals surface area contributed by atoms with Crippen LogP contribution >= 0.6 is 0 Å². The standard InChI is InChI=1S/C12H23NO5S/c1-10-4-2-6-12(8-10,9-14)13-19(17,18)7-3-5-11(15)16/h10,13-14H,2-9H2,1H3,(H,15,16). The van der Waals surface area contributed by atoms with Crippen molar-refractivity contribution in [2.24, 2.45) is 5.92 Å². The predicted octanol–water partition coefficient (Wildman–Crippen LogP) is 0.712. The van der Waals surface area contributed by atoms with Crippen LogP contribution in [0.15, 0.2) is 0 Å². The number of aliphatic hydroxyl groups excluding tert-OH is 1. The van der Waals surface area contributed by atoms with Gasteiger partial charge in [-0.1, -0.05) is 19.8 Å². The Morgan fingerprint density at radius 2 is 2.16 bits per heavy atom. The molecular weight excluding hydrogens is 270 g/mol. The van der Waals surface area contributed by atoms with Gasteiger partial charge < -0.3 is 10.2 Å². The lowest BCUT2D eigenvalue weighted by Gasteiger charge is -2.39. The third-order valence-corrected chi connectivity index (χ3v) is 5.14. The smallest absolute Gasteiger partial charge is 0.303 e. The molecule has 2 atom stereocenters. The van der Waals surface area contributed by atoms with Gasteiger partial charge in [0.25, 0.3) is 0 Å². The van der Waals surface area contributed by atoms with Crippen molar-refractivity contribution in [3.8, 4) is 0 Å². The van der Waals surface area contributed by atoms with Gasteiger partial charge in [-0.25, -0.2) is 13.1 Å². The molecule has 0 aromatic carbocycles. The molecule has 112 valence electrons. The number of hydrogen-bond acceptors (Lipinski definition) is 4. The lowest BCUT2D eigenvalue weighted by molar-refractivity contribution is -0.137. The molecule has 0 aliphatic heterocycles. The lowest BCUT2D eigenvalue weighted by Crippen LogP contribution is -2.54. The van der Waals surface area contributed by atoms with E-state index in [1.165, 1.54) is 0 Å². The van der Waals surface area contributed by atoms with Crippen LogP contribution in [0.2, 0.25) is 0 Å². The Labute approximate surface area is 114 Å². The van der Waals surface area contributed by atoms with E-state index >= 15 is 0 Å². The van der Waals surface area contributed by atoms with Gasteiger partial charge in [-0.15, -0.1) is 0 Å². The third kappa shape index (κ3) is 5.46. The highest BCUT2D eigenvalue weighted by molar-refractivity contribution is 7.89. The number of aliphatic hydroxyl groups is 1. The number of carboxylic acids is 1. The number of rotatable bonds is 7. The Morgan fingerprint density at radius 1 is 1.47 bits per heavy atom. The fraction of sp³-hybridized carbons (Fsp3) is 0.917. The van der Waals surface area contributed by atoms with Crippen LogP contribution in [-0.4, -0.2) is 42.5 Å². The average Bonchev–Trinajstić information content (AvgIpc) is 2.27. The molecule has 0 saturated heterocycles. The molecule has 0 aromatic heterocycles. The second-order valence-corrected chi connectivity index (χ2v) is 7.40. The molecule has 0 amide bonds. The molecule has 19 heavy (non-hydrogen) atoms. The topological polar surface area (TPSA) is 104 Å². The summed E-state index contributed by atoms with van der Waals surface area (Å²) in [6.45, 7) is 1.83. The SMILES string of the molecule is CC1CCCC(CO)(NS(=O)(=O)CCCC(=O)O)C1. The summed E-state index contributed by atoms with van der Waals surface area (Å²) in [6, 6.07) is 0. The van der Waals surface area contributed by atoms with Crippen LogP contribution in [0.1, 0.15) is 45.4 Å². The highest BCUT2D eigenvalue weighted by Gasteiger charge is 2.37. The van der Waals surface area contributed by atoms with Crippen molar-refractivity contribution in [2.75, 3.05) is 12.4 Å². The van der Waals surface area contributed by atoms with Crippen molar-refractivity contribution in [3.05, 3.63) is 0 Å². The van der Waals surface area contributed by atoms with Crippen molar-refractivity contribution in [1.82, 2.24) is 4.72 Å². The molecule has 1 fully saturated rings. The van der Waals surface area contributed by atoms with Gasteiger partial charge in [0.2, 0.25) is 10.0 Å². The maximum atomic E-state index is 11.9. The molecule has 0 bridgehead atoms. The third-order valence-electron chi connectivity index (χ3n) is 3.57. The Kier molecular flexibility index (Phi) is 5.76. The van der Waals surface area contributed by atoms with E-state index in [9.17, 15) is 18.3 Å². The van der Waals surface area contributed by atoms with Crippen LogP contribution < -0.4 is 4.72 Å². The van der Waals surface area contributed by atoms with Crippen LogP contribution in [-0.2, 0) is 14.8 Å². The van der Waals surface area contributed by atoms with Gasteiger partial charge in [-0.3, -0.25) is 4.79 Å². The maximum absolute atomic E-state index is 11.9. The van der Waals surface area contributed by atoms with E-state index in [4.69, 9.17) is 5.11 Å². The Balaban J connectivity index is 2.60. The molecule has 3 N–H and O–H groups in total. The summed E-state index contributed by atoms with van der Waals surface area (Å²) < 4.78 is 26.5. The van der Waals surface area contributed by atoms with Crippen molar-refractivity contribution < 1.29 is 23.4 Å². The van der Waals surface area contributed by atoms with E-state index in [1.54, 1.807) is 0 Å².